The first-order valence-corrected chi connectivity index (χ1v) is 6.43. The van der Waals surface area contributed by atoms with Gasteiger partial charge in [-0.15, -0.1) is 0 Å². The fourth-order valence-corrected chi connectivity index (χ4v) is 1.84. The summed E-state index contributed by atoms with van der Waals surface area (Å²) in [6.07, 6.45) is 3.48. The van der Waals surface area contributed by atoms with Crippen molar-refractivity contribution in [3.05, 3.63) is 18.5 Å². The Bertz CT molecular complexity index is 536. The highest BCUT2D eigenvalue weighted by Crippen LogP contribution is 2.09. The molecule has 1 atom stereocenters. The Morgan fingerprint density at radius 2 is 2.00 bits per heavy atom. The Kier molecular flexibility index (Phi) is 4.46. The van der Waals surface area contributed by atoms with Crippen molar-refractivity contribution in [3.8, 4) is 5.95 Å². The van der Waals surface area contributed by atoms with Crippen LogP contribution in [-0.4, -0.2) is 63.4 Å². The van der Waals surface area contributed by atoms with Crippen LogP contribution in [0.3, 0.4) is 0 Å². The Balaban J connectivity index is 2.22. The normalized spacial score (nSPS) is 12.4. The zero-order valence-electron chi connectivity index (χ0n) is 12.2. The molecule has 2 aromatic heterocycles. The molecule has 0 aliphatic rings. The lowest BCUT2D eigenvalue weighted by atomic mass is 10.3. The molecule has 8 heteroatoms. The zero-order valence-corrected chi connectivity index (χ0v) is 12.2. The number of rotatable bonds is 6. The Morgan fingerprint density at radius 3 is 2.60 bits per heavy atom. The van der Waals surface area contributed by atoms with Gasteiger partial charge in [-0.3, -0.25) is 0 Å². The maximum Gasteiger partial charge on any atom is 0.257 e. The Labute approximate surface area is 118 Å². The highest BCUT2D eigenvalue weighted by Gasteiger charge is 2.10. The molecule has 0 radical (unpaired) electrons. The first kappa shape index (κ1) is 14.2. The van der Waals surface area contributed by atoms with Crippen LogP contribution in [0.4, 0.5) is 11.9 Å². The SMILES string of the molecule is CNc1nc(NC(C)CN(C)C)nc(-n2cccn2)n1. The molecule has 0 fully saturated rings. The van der Waals surface area contributed by atoms with Gasteiger partial charge in [0.2, 0.25) is 11.9 Å². The molecule has 1 unspecified atom stereocenters. The molecule has 20 heavy (non-hydrogen) atoms. The van der Waals surface area contributed by atoms with Crippen molar-refractivity contribution in [1.82, 2.24) is 29.6 Å². The second kappa shape index (κ2) is 6.29. The van der Waals surface area contributed by atoms with Crippen LogP contribution in [0.15, 0.2) is 18.5 Å². The minimum Gasteiger partial charge on any atom is -0.357 e. The van der Waals surface area contributed by atoms with Crippen molar-refractivity contribution < 1.29 is 0 Å². The largest absolute Gasteiger partial charge is 0.357 e. The first-order valence-electron chi connectivity index (χ1n) is 6.43. The van der Waals surface area contributed by atoms with E-state index in [1.165, 1.54) is 0 Å². The van der Waals surface area contributed by atoms with Gasteiger partial charge in [0.1, 0.15) is 0 Å². The van der Waals surface area contributed by atoms with Crippen molar-refractivity contribution in [3.63, 3.8) is 0 Å². The minimum absolute atomic E-state index is 0.225. The molecule has 0 saturated heterocycles. The summed E-state index contributed by atoms with van der Waals surface area (Å²) in [6.45, 7) is 2.97. The van der Waals surface area contributed by atoms with Gasteiger partial charge in [-0.25, -0.2) is 4.68 Å². The Morgan fingerprint density at radius 1 is 1.25 bits per heavy atom. The predicted molar refractivity (Wildman–Crippen MR) is 78.1 cm³/mol. The second-order valence-corrected chi connectivity index (χ2v) is 4.79. The van der Waals surface area contributed by atoms with E-state index in [2.05, 4.69) is 42.5 Å². The highest BCUT2D eigenvalue weighted by atomic mass is 15.4. The van der Waals surface area contributed by atoms with Gasteiger partial charge in [-0.05, 0) is 27.1 Å². The lowest BCUT2D eigenvalue weighted by Gasteiger charge is -2.18. The zero-order chi connectivity index (χ0) is 14.5. The van der Waals surface area contributed by atoms with Gasteiger partial charge in [0, 0.05) is 32.0 Å². The van der Waals surface area contributed by atoms with E-state index in [4.69, 9.17) is 0 Å². The summed E-state index contributed by atoms with van der Waals surface area (Å²) in [5, 5.41) is 10.3. The summed E-state index contributed by atoms with van der Waals surface area (Å²) in [7, 11) is 5.83. The predicted octanol–water partition coefficient (Wildman–Crippen LogP) is 0.461. The minimum atomic E-state index is 0.225. The smallest absolute Gasteiger partial charge is 0.257 e. The van der Waals surface area contributed by atoms with E-state index in [1.54, 1.807) is 24.1 Å². The second-order valence-electron chi connectivity index (χ2n) is 4.79. The van der Waals surface area contributed by atoms with Gasteiger partial charge in [-0.2, -0.15) is 20.1 Å². The number of likely N-dealkylation sites (N-methyl/N-ethyl adjacent to an activating group) is 1. The van der Waals surface area contributed by atoms with Crippen molar-refractivity contribution in [2.45, 2.75) is 13.0 Å². The number of hydrogen-bond donors (Lipinski definition) is 2. The third-order valence-corrected chi connectivity index (χ3v) is 2.57. The Hall–Kier alpha value is -2.22. The van der Waals surface area contributed by atoms with E-state index in [0.29, 0.717) is 17.8 Å². The summed E-state index contributed by atoms with van der Waals surface area (Å²) < 4.78 is 1.60. The lowest BCUT2D eigenvalue weighted by molar-refractivity contribution is 0.391. The van der Waals surface area contributed by atoms with Crippen LogP contribution in [-0.2, 0) is 0 Å². The standard InChI is InChI=1S/C12H20N8/c1-9(8-19(3)4)15-11-16-10(13-2)17-12(18-11)20-7-5-6-14-20/h5-7,9H,8H2,1-4H3,(H2,13,15,16,17,18). The molecule has 0 aliphatic carbocycles. The van der Waals surface area contributed by atoms with Gasteiger partial charge in [0.25, 0.3) is 5.95 Å². The molecule has 2 heterocycles. The topological polar surface area (TPSA) is 83.8 Å². The van der Waals surface area contributed by atoms with Crippen molar-refractivity contribution in [2.75, 3.05) is 38.3 Å². The molecular weight excluding hydrogens is 256 g/mol. The van der Waals surface area contributed by atoms with E-state index in [-0.39, 0.29) is 6.04 Å². The molecule has 2 aromatic rings. The molecule has 0 spiro atoms. The summed E-state index contributed by atoms with van der Waals surface area (Å²) >= 11 is 0. The average Bonchev–Trinajstić information content (AvgIpc) is 2.91. The van der Waals surface area contributed by atoms with Gasteiger partial charge < -0.3 is 15.5 Å². The van der Waals surface area contributed by atoms with Crippen molar-refractivity contribution >= 4 is 11.9 Å². The number of anilines is 2. The molecule has 0 amide bonds. The lowest BCUT2D eigenvalue weighted by Crippen LogP contribution is -2.30. The maximum absolute atomic E-state index is 4.38. The molecular formula is C12H20N8. The van der Waals surface area contributed by atoms with E-state index in [1.807, 2.05) is 20.2 Å². The maximum atomic E-state index is 4.38. The van der Waals surface area contributed by atoms with E-state index < -0.39 is 0 Å². The van der Waals surface area contributed by atoms with E-state index >= 15 is 0 Å². The van der Waals surface area contributed by atoms with Crippen LogP contribution in [0.5, 0.6) is 0 Å². The van der Waals surface area contributed by atoms with Crippen molar-refractivity contribution in [1.29, 1.82) is 0 Å². The molecule has 0 saturated carbocycles. The van der Waals surface area contributed by atoms with Gasteiger partial charge >= 0.3 is 0 Å². The van der Waals surface area contributed by atoms with E-state index in [0.717, 1.165) is 6.54 Å². The van der Waals surface area contributed by atoms with Gasteiger partial charge in [0.15, 0.2) is 0 Å². The van der Waals surface area contributed by atoms with Crippen LogP contribution < -0.4 is 10.6 Å². The number of nitrogens with one attached hydrogen (secondary N) is 2. The fraction of sp³-hybridized carbons (Fsp3) is 0.500. The fourth-order valence-electron chi connectivity index (χ4n) is 1.84. The van der Waals surface area contributed by atoms with Crippen LogP contribution in [0.25, 0.3) is 5.95 Å². The van der Waals surface area contributed by atoms with Crippen molar-refractivity contribution in [2.24, 2.45) is 0 Å². The first-order chi connectivity index (χ1) is 9.58. The molecule has 0 aliphatic heterocycles. The summed E-state index contributed by atoms with van der Waals surface area (Å²) in [4.78, 5) is 15.1. The number of hydrogen-bond acceptors (Lipinski definition) is 7. The highest BCUT2D eigenvalue weighted by molar-refractivity contribution is 5.37. The third-order valence-electron chi connectivity index (χ3n) is 2.57. The third kappa shape index (κ3) is 3.64. The number of aromatic nitrogens is 5. The molecule has 8 nitrogen and oxygen atoms in total. The van der Waals surface area contributed by atoms with Crippen LogP contribution >= 0.6 is 0 Å². The van der Waals surface area contributed by atoms with Crippen LogP contribution in [0, 0.1) is 0 Å². The molecule has 2 rings (SSSR count). The molecule has 0 bridgehead atoms. The monoisotopic (exact) mass is 276 g/mol. The molecule has 0 aromatic carbocycles. The van der Waals surface area contributed by atoms with Crippen LogP contribution in [0.2, 0.25) is 0 Å². The van der Waals surface area contributed by atoms with Gasteiger partial charge in [0.05, 0.1) is 0 Å². The van der Waals surface area contributed by atoms with Gasteiger partial charge in [-0.1, -0.05) is 0 Å². The summed E-state index contributed by atoms with van der Waals surface area (Å²) in [5.41, 5.74) is 0. The molecule has 108 valence electrons. The van der Waals surface area contributed by atoms with Crippen LogP contribution in [0.1, 0.15) is 6.92 Å². The quantitative estimate of drug-likeness (QED) is 0.793. The number of nitrogens with zero attached hydrogens (tertiary/aromatic N) is 6. The summed E-state index contributed by atoms with van der Waals surface area (Å²) in [6, 6.07) is 2.05. The molecule has 2 N–H and O–H groups in total. The average molecular weight is 276 g/mol. The summed E-state index contributed by atoms with van der Waals surface area (Å²) in [5.74, 6) is 1.52. The van der Waals surface area contributed by atoms with E-state index in [9.17, 15) is 0 Å².